The molecule has 41 heavy (non-hydrogen) atoms. The normalized spacial score (nSPS) is 15.0. The Kier molecular flexibility index (Phi) is 5.61. The molecule has 8 rings (SSSR count). The SMILES string of the molecule is CC1(C)c2ccc([n-]2)-c2ccc([n-]2)C(C)(C)c2nc3c4nc1n(-c1ccccc1)c4ccc3n2-c1ccccc1.[Pt+2]. The van der Waals surface area contributed by atoms with Gasteiger partial charge in [0.05, 0.1) is 11.0 Å². The molecule has 0 radical (unpaired) electrons. The van der Waals surface area contributed by atoms with Crippen molar-refractivity contribution in [2.75, 3.05) is 0 Å². The zero-order valence-electron chi connectivity index (χ0n) is 23.2. The van der Waals surface area contributed by atoms with Crippen molar-refractivity contribution in [3.63, 3.8) is 0 Å². The smallest absolute Gasteiger partial charge is 0.661 e. The van der Waals surface area contributed by atoms with Crippen molar-refractivity contribution < 1.29 is 21.1 Å². The molecule has 4 aromatic heterocycles. The van der Waals surface area contributed by atoms with E-state index in [-0.39, 0.29) is 21.1 Å². The molecule has 8 bridgehead atoms. The van der Waals surface area contributed by atoms with Gasteiger partial charge in [0.1, 0.15) is 22.7 Å². The van der Waals surface area contributed by atoms with Crippen LogP contribution in [0.3, 0.4) is 0 Å². The van der Waals surface area contributed by atoms with Crippen LogP contribution in [0.25, 0.3) is 44.8 Å². The van der Waals surface area contributed by atoms with Gasteiger partial charge >= 0.3 is 21.1 Å². The second-order valence-electron chi connectivity index (χ2n) is 11.7. The maximum atomic E-state index is 5.40. The molecule has 0 N–H and O–H groups in total. The molecule has 7 heteroatoms. The maximum absolute atomic E-state index is 5.40. The molecule has 0 unspecified atom stereocenters. The number of benzene rings is 3. The quantitative estimate of drug-likeness (QED) is 0.195. The minimum atomic E-state index is -0.483. The predicted molar refractivity (Wildman–Crippen MR) is 158 cm³/mol. The average Bonchev–Trinajstić information content (AvgIpc) is 3.76. The molecule has 0 saturated carbocycles. The second kappa shape index (κ2) is 8.92. The first kappa shape index (κ1) is 25.8. The van der Waals surface area contributed by atoms with E-state index < -0.39 is 10.8 Å². The maximum Gasteiger partial charge on any atom is 2.00 e. The number of nitrogens with zero attached hydrogens (tertiary/aromatic N) is 6. The van der Waals surface area contributed by atoms with Gasteiger partial charge in [-0.05, 0) is 36.4 Å². The predicted octanol–water partition coefficient (Wildman–Crippen LogP) is 6.91. The van der Waals surface area contributed by atoms with Gasteiger partial charge in [-0.1, -0.05) is 88.4 Å². The molecular weight excluding hydrogens is 687 g/mol. The van der Waals surface area contributed by atoms with Crippen LogP contribution in [0.2, 0.25) is 0 Å². The van der Waals surface area contributed by atoms with E-state index >= 15 is 0 Å². The summed E-state index contributed by atoms with van der Waals surface area (Å²) >= 11 is 0. The number of aromatic nitrogens is 6. The summed E-state index contributed by atoms with van der Waals surface area (Å²) in [6.45, 7) is 8.79. The number of imidazole rings is 2. The Labute approximate surface area is 252 Å². The van der Waals surface area contributed by atoms with E-state index in [9.17, 15) is 0 Å². The zero-order chi connectivity index (χ0) is 27.2. The van der Waals surface area contributed by atoms with Crippen molar-refractivity contribution in [2.45, 2.75) is 38.5 Å². The molecule has 6 nitrogen and oxygen atoms in total. The Morgan fingerprint density at radius 2 is 0.902 bits per heavy atom. The van der Waals surface area contributed by atoms with Crippen LogP contribution >= 0.6 is 0 Å². The summed E-state index contributed by atoms with van der Waals surface area (Å²) in [4.78, 5) is 21.0. The summed E-state index contributed by atoms with van der Waals surface area (Å²) in [6.07, 6.45) is 0. The molecular formula is C34H28N6Pt. The molecule has 0 fully saturated rings. The van der Waals surface area contributed by atoms with Crippen molar-refractivity contribution in [3.8, 4) is 22.8 Å². The number of hydrogen-bond donors (Lipinski definition) is 0. The van der Waals surface area contributed by atoms with Crippen LogP contribution in [-0.2, 0) is 31.9 Å². The van der Waals surface area contributed by atoms with Crippen molar-refractivity contribution in [1.29, 1.82) is 0 Å². The van der Waals surface area contributed by atoms with Gasteiger partial charge in [0.2, 0.25) is 0 Å². The number of hydrogen-bond acceptors (Lipinski definition) is 2. The Balaban J connectivity index is 0.00000276. The van der Waals surface area contributed by atoms with Gasteiger partial charge in [-0.15, -0.1) is 11.4 Å². The van der Waals surface area contributed by atoms with Crippen LogP contribution in [0.4, 0.5) is 0 Å². The molecule has 0 aliphatic carbocycles. The fourth-order valence-electron chi connectivity index (χ4n) is 6.13. The van der Waals surface area contributed by atoms with Gasteiger partial charge in [0.15, 0.2) is 0 Å². The molecule has 0 amide bonds. The van der Waals surface area contributed by atoms with E-state index in [1.54, 1.807) is 0 Å². The third-order valence-electron chi connectivity index (χ3n) is 8.42. The van der Waals surface area contributed by atoms with Crippen LogP contribution in [0, 0.1) is 0 Å². The van der Waals surface area contributed by atoms with Crippen molar-refractivity contribution >= 4 is 22.1 Å². The van der Waals surface area contributed by atoms with Crippen LogP contribution in [0.5, 0.6) is 0 Å². The first-order valence-electron chi connectivity index (χ1n) is 13.7. The Hall–Kier alpha value is -4.15. The summed E-state index contributed by atoms with van der Waals surface area (Å²) < 4.78 is 4.54. The van der Waals surface area contributed by atoms with E-state index in [1.165, 1.54) is 0 Å². The van der Waals surface area contributed by atoms with Gasteiger partial charge in [-0.2, -0.15) is 11.4 Å². The largest absolute Gasteiger partial charge is 2.00 e. The minimum Gasteiger partial charge on any atom is -0.661 e. The molecule has 7 aromatic rings. The Bertz CT molecular complexity index is 1910. The standard InChI is InChI=1S/C34H28N6.Pt/c1-33(2)27-19-15-23(35-27)24-16-20-28(36-24)34(3,4)32-38-30-26(40(32)22-13-9-6-10-14-22)18-17-25-29(30)37-31(33)39(25)21-11-7-5-8-12-21;/h5-20H,1-4H3;/q-2;+2. The summed E-state index contributed by atoms with van der Waals surface area (Å²) in [5, 5.41) is 0. The van der Waals surface area contributed by atoms with Crippen LogP contribution in [0.15, 0.2) is 97.1 Å². The summed E-state index contributed by atoms with van der Waals surface area (Å²) in [6, 6.07) is 33.6. The Morgan fingerprint density at radius 1 is 0.512 bits per heavy atom. The van der Waals surface area contributed by atoms with E-state index in [0.717, 1.165) is 67.9 Å². The molecule has 3 aromatic carbocycles. The van der Waals surface area contributed by atoms with E-state index in [2.05, 4.69) is 122 Å². The van der Waals surface area contributed by atoms with Gasteiger partial charge in [0, 0.05) is 22.2 Å². The van der Waals surface area contributed by atoms with Gasteiger partial charge in [-0.25, -0.2) is 9.97 Å². The summed E-state index contributed by atoms with van der Waals surface area (Å²) in [5.41, 5.74) is 8.66. The molecule has 1 aliphatic rings. The summed E-state index contributed by atoms with van der Waals surface area (Å²) in [5.74, 6) is 1.85. The molecule has 1 aliphatic heterocycles. The van der Waals surface area contributed by atoms with Crippen LogP contribution in [0.1, 0.15) is 50.7 Å². The zero-order valence-corrected chi connectivity index (χ0v) is 25.5. The topological polar surface area (TPSA) is 63.8 Å². The van der Waals surface area contributed by atoms with Crippen LogP contribution in [-0.4, -0.2) is 19.1 Å². The number of para-hydroxylation sites is 2. The average molecular weight is 716 g/mol. The van der Waals surface area contributed by atoms with Crippen molar-refractivity contribution in [1.82, 2.24) is 29.1 Å². The molecule has 0 spiro atoms. The van der Waals surface area contributed by atoms with E-state index in [1.807, 2.05) is 12.1 Å². The molecule has 5 heterocycles. The number of rotatable bonds is 2. The molecule has 204 valence electrons. The fraction of sp³-hybridized carbons (Fsp3) is 0.176. The fourth-order valence-corrected chi connectivity index (χ4v) is 6.13. The third kappa shape index (κ3) is 3.60. The van der Waals surface area contributed by atoms with Crippen LogP contribution < -0.4 is 9.97 Å². The summed E-state index contributed by atoms with van der Waals surface area (Å²) in [7, 11) is 0. The minimum absolute atomic E-state index is 0. The van der Waals surface area contributed by atoms with Crippen molar-refractivity contribution in [2.24, 2.45) is 0 Å². The molecule has 0 saturated heterocycles. The van der Waals surface area contributed by atoms with Crippen molar-refractivity contribution in [3.05, 3.63) is 120 Å². The van der Waals surface area contributed by atoms with Gasteiger partial charge in [-0.3, -0.25) is 9.13 Å². The first-order chi connectivity index (χ1) is 19.3. The van der Waals surface area contributed by atoms with Gasteiger partial charge < -0.3 is 9.97 Å². The molecule has 0 atom stereocenters. The van der Waals surface area contributed by atoms with E-state index in [4.69, 9.17) is 19.9 Å². The first-order valence-corrected chi connectivity index (χ1v) is 13.7. The van der Waals surface area contributed by atoms with E-state index in [0.29, 0.717) is 0 Å². The van der Waals surface area contributed by atoms with Gasteiger partial charge in [0.25, 0.3) is 0 Å². The third-order valence-corrected chi connectivity index (χ3v) is 8.42. The Morgan fingerprint density at radius 3 is 1.29 bits per heavy atom. The number of fused-ring (bicyclic) bond motifs is 7. The monoisotopic (exact) mass is 715 g/mol. The second-order valence-corrected chi connectivity index (χ2v) is 11.7.